The largest absolute Gasteiger partial charge is 0.486 e. The van der Waals surface area contributed by atoms with Gasteiger partial charge >= 0.3 is 0 Å². The molecule has 2 atom stereocenters. The monoisotopic (exact) mass is 438 g/mol. The second-order valence-corrected chi connectivity index (χ2v) is 7.98. The zero-order valence-electron chi connectivity index (χ0n) is 17.9. The van der Waals surface area contributed by atoms with Gasteiger partial charge in [0.15, 0.2) is 11.5 Å². The number of rotatable bonds is 6. The van der Waals surface area contributed by atoms with E-state index in [-0.39, 0.29) is 18.0 Å². The van der Waals surface area contributed by atoms with Gasteiger partial charge in [0.25, 0.3) is 0 Å². The normalized spacial score (nSPS) is 20.3. The molecule has 5 rings (SSSR count). The lowest BCUT2D eigenvalue weighted by molar-refractivity contribution is -0.0256. The number of aromatic nitrogens is 3. The third-order valence-corrected chi connectivity index (χ3v) is 5.85. The average Bonchev–Trinajstić information content (AvgIpc) is 2.83. The fourth-order valence-corrected chi connectivity index (χ4v) is 4.22. The Morgan fingerprint density at radius 1 is 1.12 bits per heavy atom. The van der Waals surface area contributed by atoms with E-state index in [1.54, 1.807) is 25.4 Å². The van der Waals surface area contributed by atoms with Crippen LogP contribution in [-0.4, -0.2) is 47.5 Å². The lowest BCUT2D eigenvalue weighted by atomic mass is 9.96. The summed E-state index contributed by atoms with van der Waals surface area (Å²) in [6.45, 7) is 1.09. The number of methoxy groups -OCH3 is 1. The molecule has 2 aliphatic rings. The molecule has 1 radical (unpaired) electrons. The van der Waals surface area contributed by atoms with Crippen molar-refractivity contribution >= 4 is 11.0 Å². The average molecular weight is 438 g/mol. The van der Waals surface area contributed by atoms with Gasteiger partial charge in [0.05, 0.1) is 42.7 Å². The Labute approximate surface area is 185 Å². The molecule has 8 heteroatoms. The minimum absolute atomic E-state index is 0.0374. The van der Waals surface area contributed by atoms with E-state index in [0.717, 1.165) is 24.3 Å². The van der Waals surface area contributed by atoms with Gasteiger partial charge in [-0.1, -0.05) is 0 Å². The second kappa shape index (κ2) is 9.24. The first kappa shape index (κ1) is 20.9. The van der Waals surface area contributed by atoms with Gasteiger partial charge in [-0.25, -0.2) is 9.37 Å². The summed E-state index contributed by atoms with van der Waals surface area (Å²) in [7, 11) is 1.55. The molecule has 7 nitrogen and oxygen atoms in total. The first-order valence-corrected chi connectivity index (χ1v) is 10.9. The van der Waals surface area contributed by atoms with E-state index in [4.69, 9.17) is 18.9 Å². The van der Waals surface area contributed by atoms with Crippen molar-refractivity contribution in [3.63, 3.8) is 0 Å². The maximum atomic E-state index is 14.6. The van der Waals surface area contributed by atoms with Crippen molar-refractivity contribution in [1.82, 2.24) is 15.0 Å². The molecule has 3 aromatic heterocycles. The number of hydrogen-bond acceptors (Lipinski definition) is 7. The van der Waals surface area contributed by atoms with Crippen molar-refractivity contribution in [2.75, 3.05) is 20.3 Å². The van der Waals surface area contributed by atoms with Crippen LogP contribution in [0.25, 0.3) is 11.0 Å². The molecule has 0 aliphatic carbocycles. The SMILES string of the molecule is COc1ccc2ncc(F)c(CC[C@H]3CC[CH]C(Cc4cc5c(cn4)OCCO5)O3)c2n1. The van der Waals surface area contributed by atoms with Crippen LogP contribution in [0.2, 0.25) is 0 Å². The van der Waals surface area contributed by atoms with Crippen LogP contribution in [0.5, 0.6) is 17.4 Å². The molecule has 3 aromatic rings. The smallest absolute Gasteiger partial charge is 0.213 e. The summed E-state index contributed by atoms with van der Waals surface area (Å²) in [5.74, 6) is 1.51. The van der Waals surface area contributed by atoms with Crippen molar-refractivity contribution in [2.24, 2.45) is 0 Å². The highest BCUT2D eigenvalue weighted by Crippen LogP contribution is 2.31. The zero-order chi connectivity index (χ0) is 21.9. The van der Waals surface area contributed by atoms with Crippen molar-refractivity contribution in [1.29, 1.82) is 0 Å². The van der Waals surface area contributed by atoms with Gasteiger partial charge in [-0.3, -0.25) is 9.97 Å². The van der Waals surface area contributed by atoms with Crippen molar-refractivity contribution < 1.29 is 23.3 Å². The zero-order valence-corrected chi connectivity index (χ0v) is 17.9. The molecule has 0 amide bonds. The Kier molecular flexibility index (Phi) is 6.03. The van der Waals surface area contributed by atoms with Crippen LogP contribution in [0.1, 0.15) is 30.5 Å². The van der Waals surface area contributed by atoms with Gasteiger partial charge < -0.3 is 18.9 Å². The molecule has 1 unspecified atom stereocenters. The van der Waals surface area contributed by atoms with E-state index < -0.39 is 0 Å². The summed E-state index contributed by atoms with van der Waals surface area (Å²) in [5, 5.41) is 0. The Hall–Kier alpha value is -3.00. The Bertz CT molecular complexity index is 1110. The molecular weight excluding hydrogens is 413 g/mol. The third kappa shape index (κ3) is 4.46. The molecular formula is C24H25FN3O4. The lowest BCUT2D eigenvalue weighted by Gasteiger charge is -2.30. The maximum Gasteiger partial charge on any atom is 0.213 e. The van der Waals surface area contributed by atoms with Crippen LogP contribution in [0.15, 0.2) is 30.6 Å². The molecule has 0 bridgehead atoms. The molecule has 5 heterocycles. The van der Waals surface area contributed by atoms with Crippen molar-refractivity contribution in [3.8, 4) is 17.4 Å². The molecule has 167 valence electrons. The first-order valence-electron chi connectivity index (χ1n) is 10.9. The van der Waals surface area contributed by atoms with Crippen LogP contribution < -0.4 is 14.2 Å². The summed E-state index contributed by atoms with van der Waals surface area (Å²) in [4.78, 5) is 13.1. The Morgan fingerprint density at radius 2 is 2.00 bits per heavy atom. The molecule has 0 spiro atoms. The number of hydrogen-bond donors (Lipinski definition) is 0. The first-order chi connectivity index (χ1) is 15.7. The minimum Gasteiger partial charge on any atom is -0.486 e. The van der Waals surface area contributed by atoms with Crippen LogP contribution in [0.3, 0.4) is 0 Å². The molecule has 0 aromatic carbocycles. The number of aryl methyl sites for hydroxylation is 1. The standard InChI is InChI=1S/C24H25FN3O4/c1-29-23-8-7-20-24(28-23)18(19(25)13-27-20)6-5-16-3-2-4-17(32-16)11-15-12-21-22(14-26-15)31-10-9-30-21/h4,7-8,12-14,16-17H,2-3,5-6,9-11H2,1H3/t16-,17?/m1/s1. The lowest BCUT2D eigenvalue weighted by Crippen LogP contribution is -2.30. The highest BCUT2D eigenvalue weighted by Gasteiger charge is 2.25. The van der Waals surface area contributed by atoms with E-state index in [1.165, 1.54) is 6.20 Å². The molecule has 0 N–H and O–H groups in total. The van der Waals surface area contributed by atoms with Crippen LogP contribution in [0.4, 0.5) is 4.39 Å². The van der Waals surface area contributed by atoms with Crippen LogP contribution in [0, 0.1) is 12.2 Å². The van der Waals surface area contributed by atoms with Crippen LogP contribution in [-0.2, 0) is 17.6 Å². The van der Waals surface area contributed by atoms with Gasteiger partial charge in [-0.15, -0.1) is 0 Å². The number of halogens is 1. The summed E-state index contributed by atoms with van der Waals surface area (Å²) < 4.78 is 37.3. The number of pyridine rings is 3. The van der Waals surface area contributed by atoms with Crippen LogP contribution >= 0.6 is 0 Å². The number of ether oxygens (including phenoxy) is 4. The van der Waals surface area contributed by atoms with Gasteiger partial charge in [0.1, 0.15) is 19.0 Å². The summed E-state index contributed by atoms with van der Waals surface area (Å²) >= 11 is 0. The second-order valence-electron chi connectivity index (χ2n) is 7.98. The summed E-state index contributed by atoms with van der Waals surface area (Å²) in [6.07, 6.45) is 8.90. The molecule has 32 heavy (non-hydrogen) atoms. The van der Waals surface area contributed by atoms with Gasteiger partial charge in [-0.2, -0.15) is 0 Å². The fraction of sp³-hybridized carbons (Fsp3) is 0.417. The minimum atomic E-state index is -0.349. The Balaban J connectivity index is 1.25. The van der Waals surface area contributed by atoms with Crippen molar-refractivity contribution in [2.45, 2.75) is 44.3 Å². The summed E-state index contributed by atoms with van der Waals surface area (Å²) in [6, 6.07) is 5.45. The maximum absolute atomic E-state index is 14.6. The van der Waals surface area contributed by atoms with E-state index in [2.05, 4.69) is 21.4 Å². The molecule has 1 saturated heterocycles. The molecule has 2 aliphatic heterocycles. The van der Waals surface area contributed by atoms with Gasteiger partial charge in [-0.05, 0) is 38.2 Å². The fourth-order valence-electron chi connectivity index (χ4n) is 4.22. The quantitative estimate of drug-likeness (QED) is 0.578. The Morgan fingerprint density at radius 3 is 2.88 bits per heavy atom. The van der Waals surface area contributed by atoms with Gasteiger partial charge in [0.2, 0.25) is 5.88 Å². The van der Waals surface area contributed by atoms with Gasteiger partial charge in [0, 0.05) is 29.8 Å². The number of nitrogens with zero attached hydrogens (tertiary/aromatic N) is 3. The molecule has 1 fully saturated rings. The topological polar surface area (TPSA) is 75.6 Å². The third-order valence-electron chi connectivity index (χ3n) is 5.85. The van der Waals surface area contributed by atoms with E-state index in [0.29, 0.717) is 60.7 Å². The predicted molar refractivity (Wildman–Crippen MR) is 115 cm³/mol. The number of fused-ring (bicyclic) bond motifs is 2. The predicted octanol–water partition coefficient (Wildman–Crippen LogP) is 3.87. The summed E-state index contributed by atoms with van der Waals surface area (Å²) in [5.41, 5.74) is 2.65. The van der Waals surface area contributed by atoms with Crippen molar-refractivity contribution in [3.05, 3.63) is 54.1 Å². The van der Waals surface area contributed by atoms with E-state index in [1.807, 2.05) is 6.07 Å². The highest BCUT2D eigenvalue weighted by molar-refractivity contribution is 5.78. The molecule has 0 saturated carbocycles. The highest BCUT2D eigenvalue weighted by atomic mass is 19.1. The van der Waals surface area contributed by atoms with E-state index >= 15 is 0 Å². The van der Waals surface area contributed by atoms with E-state index in [9.17, 15) is 4.39 Å².